The summed E-state index contributed by atoms with van der Waals surface area (Å²) in [6, 6.07) is 6.58. The van der Waals surface area contributed by atoms with Gasteiger partial charge in [0, 0.05) is 12.4 Å². The van der Waals surface area contributed by atoms with Gasteiger partial charge in [0.05, 0.1) is 21.2 Å². The normalized spacial score (nSPS) is 11.2. The Kier molecular flexibility index (Phi) is 4.06. The lowest BCUT2D eigenvalue weighted by Gasteiger charge is -2.06. The van der Waals surface area contributed by atoms with Crippen LogP contribution < -0.4 is 0 Å². The topological polar surface area (TPSA) is 84.3 Å². The van der Waals surface area contributed by atoms with Crippen molar-refractivity contribution in [1.82, 2.24) is 4.98 Å². The second-order valence-corrected chi connectivity index (χ2v) is 6.45. The lowest BCUT2D eigenvalue weighted by atomic mass is 10.2. The number of hydrogen-bond acceptors (Lipinski definition) is 4. The molecular formula is C13H10ClNO4S. The number of hydrogen-bond donors (Lipinski definition) is 1. The van der Waals surface area contributed by atoms with E-state index in [0.717, 1.165) is 0 Å². The third kappa shape index (κ3) is 3.15. The minimum Gasteiger partial charge on any atom is -0.478 e. The highest BCUT2D eigenvalue weighted by Crippen LogP contribution is 2.21. The molecule has 1 aromatic carbocycles. The third-order valence-electron chi connectivity index (χ3n) is 2.66. The number of rotatable bonds is 4. The first-order chi connectivity index (χ1) is 9.40. The highest BCUT2D eigenvalue weighted by Gasteiger charge is 2.17. The molecule has 0 saturated carbocycles. The number of pyridine rings is 1. The van der Waals surface area contributed by atoms with Crippen molar-refractivity contribution < 1.29 is 18.3 Å². The van der Waals surface area contributed by atoms with E-state index in [-0.39, 0.29) is 21.2 Å². The fraction of sp³-hybridized carbons (Fsp3) is 0.0769. The van der Waals surface area contributed by atoms with Crippen molar-refractivity contribution in [2.45, 2.75) is 10.6 Å². The van der Waals surface area contributed by atoms with Gasteiger partial charge in [-0.05, 0) is 35.9 Å². The summed E-state index contributed by atoms with van der Waals surface area (Å²) in [5.41, 5.74) is 0.481. The Hall–Kier alpha value is -1.92. The first kappa shape index (κ1) is 14.5. The lowest BCUT2D eigenvalue weighted by Crippen LogP contribution is -2.06. The molecule has 0 amide bonds. The summed E-state index contributed by atoms with van der Waals surface area (Å²) in [4.78, 5) is 14.6. The molecule has 5 nitrogen and oxygen atoms in total. The zero-order chi connectivity index (χ0) is 14.8. The first-order valence-corrected chi connectivity index (χ1v) is 7.58. The molecule has 20 heavy (non-hydrogen) atoms. The molecule has 7 heteroatoms. The van der Waals surface area contributed by atoms with Gasteiger partial charge in [-0.2, -0.15) is 0 Å². The molecule has 0 fully saturated rings. The van der Waals surface area contributed by atoms with Crippen molar-refractivity contribution in [3.63, 3.8) is 0 Å². The summed E-state index contributed by atoms with van der Waals surface area (Å²) in [5, 5.41) is 9.05. The van der Waals surface area contributed by atoms with E-state index in [0.29, 0.717) is 5.56 Å². The van der Waals surface area contributed by atoms with Crippen LogP contribution in [-0.2, 0) is 15.6 Å². The van der Waals surface area contributed by atoms with Gasteiger partial charge in [0.1, 0.15) is 0 Å². The second-order valence-electron chi connectivity index (χ2n) is 4.06. The molecule has 1 aromatic heterocycles. The summed E-state index contributed by atoms with van der Waals surface area (Å²) in [5.74, 6) is -1.37. The van der Waals surface area contributed by atoms with Crippen LogP contribution in [0.15, 0.2) is 47.6 Å². The van der Waals surface area contributed by atoms with Gasteiger partial charge in [-0.15, -0.1) is 0 Å². The molecule has 0 unspecified atom stereocenters. The summed E-state index contributed by atoms with van der Waals surface area (Å²) < 4.78 is 24.4. The molecule has 2 rings (SSSR count). The Morgan fingerprint density at radius 3 is 2.40 bits per heavy atom. The Balaban J connectivity index is 2.31. The standard InChI is InChI=1S/C13H10ClNO4S/c14-12-7-15-6-5-10(12)8-20(18,19)11-3-1-9(2-4-11)13(16)17/h1-7H,8H2,(H,16,17). The molecule has 0 radical (unpaired) electrons. The molecule has 0 atom stereocenters. The molecule has 1 heterocycles. The van der Waals surface area contributed by atoms with Gasteiger partial charge in [0.25, 0.3) is 0 Å². The van der Waals surface area contributed by atoms with E-state index in [1.807, 2.05) is 0 Å². The number of aromatic carboxylic acids is 1. The van der Waals surface area contributed by atoms with Crippen molar-refractivity contribution in [2.75, 3.05) is 0 Å². The van der Waals surface area contributed by atoms with Crippen molar-refractivity contribution in [2.24, 2.45) is 0 Å². The minimum atomic E-state index is -3.58. The van der Waals surface area contributed by atoms with Crippen LogP contribution in [0.2, 0.25) is 5.02 Å². The second kappa shape index (κ2) is 5.60. The first-order valence-electron chi connectivity index (χ1n) is 5.54. The van der Waals surface area contributed by atoms with Crippen LogP contribution in [-0.4, -0.2) is 24.5 Å². The summed E-state index contributed by atoms with van der Waals surface area (Å²) in [6.07, 6.45) is 2.84. The van der Waals surface area contributed by atoms with Crippen molar-refractivity contribution in [3.05, 3.63) is 58.9 Å². The highest BCUT2D eigenvalue weighted by molar-refractivity contribution is 7.90. The summed E-state index contributed by atoms with van der Waals surface area (Å²) >= 11 is 5.88. The number of halogens is 1. The van der Waals surface area contributed by atoms with Crippen LogP contribution in [0.3, 0.4) is 0 Å². The van der Waals surface area contributed by atoms with Gasteiger partial charge in [-0.1, -0.05) is 11.6 Å². The lowest BCUT2D eigenvalue weighted by molar-refractivity contribution is 0.0696. The Morgan fingerprint density at radius 1 is 1.20 bits per heavy atom. The van der Waals surface area contributed by atoms with Crippen molar-refractivity contribution in [1.29, 1.82) is 0 Å². The molecule has 104 valence electrons. The molecule has 0 aliphatic heterocycles. The smallest absolute Gasteiger partial charge is 0.335 e. The highest BCUT2D eigenvalue weighted by atomic mass is 35.5. The molecule has 0 aliphatic rings. The van der Waals surface area contributed by atoms with E-state index >= 15 is 0 Å². The minimum absolute atomic E-state index is 0.0332. The van der Waals surface area contributed by atoms with E-state index in [4.69, 9.17) is 16.7 Å². The maximum Gasteiger partial charge on any atom is 0.335 e. The molecule has 0 bridgehead atoms. The molecule has 0 spiro atoms. The van der Waals surface area contributed by atoms with Crippen LogP contribution >= 0.6 is 11.6 Å². The molecule has 2 aromatic rings. The Morgan fingerprint density at radius 2 is 1.85 bits per heavy atom. The Labute approximate surface area is 120 Å². The van der Waals surface area contributed by atoms with Crippen LogP contribution in [0, 0.1) is 0 Å². The van der Waals surface area contributed by atoms with Gasteiger partial charge in [-0.3, -0.25) is 4.98 Å². The quantitative estimate of drug-likeness (QED) is 0.937. The third-order valence-corrected chi connectivity index (χ3v) is 4.68. The molecular weight excluding hydrogens is 302 g/mol. The molecule has 0 aliphatic carbocycles. The number of benzene rings is 1. The zero-order valence-electron chi connectivity index (χ0n) is 10.2. The monoisotopic (exact) mass is 311 g/mol. The number of carbonyl (C=O) groups is 1. The predicted octanol–water partition coefficient (Wildman–Crippen LogP) is 2.41. The largest absolute Gasteiger partial charge is 0.478 e. The van der Waals surface area contributed by atoms with Crippen LogP contribution in [0.25, 0.3) is 0 Å². The van der Waals surface area contributed by atoms with Gasteiger partial charge in [0.2, 0.25) is 0 Å². The van der Waals surface area contributed by atoms with E-state index in [2.05, 4.69) is 4.98 Å². The van der Waals surface area contributed by atoms with Gasteiger partial charge in [-0.25, -0.2) is 13.2 Å². The molecule has 0 saturated heterocycles. The Bertz CT molecular complexity index is 741. The fourth-order valence-corrected chi connectivity index (χ4v) is 3.26. The van der Waals surface area contributed by atoms with Crippen LogP contribution in [0.1, 0.15) is 15.9 Å². The van der Waals surface area contributed by atoms with E-state index in [1.165, 1.54) is 42.7 Å². The SMILES string of the molecule is O=C(O)c1ccc(S(=O)(=O)Cc2ccncc2Cl)cc1. The van der Waals surface area contributed by atoms with Crippen molar-refractivity contribution >= 4 is 27.4 Å². The van der Waals surface area contributed by atoms with E-state index < -0.39 is 15.8 Å². The maximum absolute atomic E-state index is 12.2. The maximum atomic E-state index is 12.2. The van der Waals surface area contributed by atoms with Gasteiger partial charge >= 0.3 is 5.97 Å². The van der Waals surface area contributed by atoms with Gasteiger partial charge in [0.15, 0.2) is 9.84 Å². The van der Waals surface area contributed by atoms with E-state index in [9.17, 15) is 13.2 Å². The summed E-state index contributed by atoms with van der Waals surface area (Å²) in [6.45, 7) is 0. The average Bonchev–Trinajstić information content (AvgIpc) is 2.41. The zero-order valence-corrected chi connectivity index (χ0v) is 11.7. The number of sulfone groups is 1. The number of carboxylic acids is 1. The number of aromatic nitrogens is 1. The van der Waals surface area contributed by atoms with Crippen molar-refractivity contribution in [3.8, 4) is 0 Å². The summed E-state index contributed by atoms with van der Waals surface area (Å²) in [7, 11) is -3.58. The molecule has 1 N–H and O–H groups in total. The van der Waals surface area contributed by atoms with Crippen LogP contribution in [0.4, 0.5) is 0 Å². The number of nitrogens with zero attached hydrogens (tertiary/aromatic N) is 1. The fourth-order valence-electron chi connectivity index (χ4n) is 1.61. The predicted molar refractivity (Wildman–Crippen MR) is 73.5 cm³/mol. The van der Waals surface area contributed by atoms with E-state index in [1.54, 1.807) is 0 Å². The average molecular weight is 312 g/mol. The van der Waals surface area contributed by atoms with Crippen LogP contribution in [0.5, 0.6) is 0 Å². The number of carboxylic acid groups (broad SMARTS) is 1. The van der Waals surface area contributed by atoms with Gasteiger partial charge < -0.3 is 5.11 Å².